The van der Waals surface area contributed by atoms with Gasteiger partial charge in [0.1, 0.15) is 0 Å². The van der Waals surface area contributed by atoms with Crippen molar-refractivity contribution >= 4 is 49.3 Å². The maximum Gasteiger partial charge on any atom is 2.00 e. The molecule has 0 aromatic heterocycles. The summed E-state index contributed by atoms with van der Waals surface area (Å²) in [5.41, 5.74) is 0. The van der Waals surface area contributed by atoms with Crippen LogP contribution in [0.15, 0.2) is 23.7 Å². The molecular formula is C10H2CaF12O4. The minimum Gasteiger partial charge on any atom is -0.869 e. The molecule has 0 aliphatic heterocycles. The van der Waals surface area contributed by atoms with Crippen LogP contribution < -0.4 is 10.2 Å². The Bertz CT molecular complexity index is 527. The molecule has 0 aromatic carbocycles. The molecule has 0 saturated heterocycles. The molecule has 0 aliphatic rings. The van der Waals surface area contributed by atoms with Crippen LogP contribution in [0.5, 0.6) is 0 Å². The Morgan fingerprint density at radius 2 is 0.704 bits per heavy atom. The predicted octanol–water partition coefficient (Wildman–Crippen LogP) is 1.47. The van der Waals surface area contributed by atoms with Crippen molar-refractivity contribution in [2.75, 3.05) is 0 Å². The molecule has 0 saturated carbocycles. The summed E-state index contributed by atoms with van der Waals surface area (Å²) in [5, 5.41) is 19.6. The van der Waals surface area contributed by atoms with Gasteiger partial charge in [-0.25, -0.2) is 0 Å². The fourth-order valence-corrected chi connectivity index (χ4v) is 0.565. The molecule has 0 aliphatic carbocycles. The van der Waals surface area contributed by atoms with Crippen molar-refractivity contribution in [2.45, 2.75) is 24.7 Å². The first-order valence-corrected chi connectivity index (χ1v) is 5.24. The van der Waals surface area contributed by atoms with Crippen LogP contribution in [-0.4, -0.2) is 74.0 Å². The van der Waals surface area contributed by atoms with E-state index in [0.717, 1.165) is 0 Å². The van der Waals surface area contributed by atoms with Gasteiger partial charge in [-0.3, -0.25) is 9.59 Å². The fourth-order valence-electron chi connectivity index (χ4n) is 0.565. The zero-order valence-corrected chi connectivity index (χ0v) is 14.2. The van der Waals surface area contributed by atoms with E-state index in [1.54, 1.807) is 0 Å². The number of alkyl halides is 12. The molecule has 4 nitrogen and oxygen atoms in total. The summed E-state index contributed by atoms with van der Waals surface area (Å²) in [5.74, 6) is -11.3. The third-order valence-electron chi connectivity index (χ3n) is 1.64. The summed E-state index contributed by atoms with van der Waals surface area (Å²) in [6.45, 7) is 0. The molecule has 0 spiro atoms. The van der Waals surface area contributed by atoms with E-state index in [-0.39, 0.29) is 37.7 Å². The first-order chi connectivity index (χ1) is 11.1. The van der Waals surface area contributed by atoms with Crippen LogP contribution in [0.3, 0.4) is 0 Å². The summed E-state index contributed by atoms with van der Waals surface area (Å²) >= 11 is 0. The Balaban J connectivity index is -0.000000411. The molecule has 0 atom stereocenters. The number of carbonyl (C=O) groups is 2. The third kappa shape index (κ3) is 13.6. The number of hydrogen-bond acceptors (Lipinski definition) is 4. The quantitative estimate of drug-likeness (QED) is 0.274. The van der Waals surface area contributed by atoms with Gasteiger partial charge in [-0.05, 0) is 23.7 Å². The average molecular weight is 454 g/mol. The summed E-state index contributed by atoms with van der Waals surface area (Å²) in [4.78, 5) is 19.6. The number of ketones is 2. The van der Waals surface area contributed by atoms with E-state index in [4.69, 9.17) is 0 Å². The smallest absolute Gasteiger partial charge is 0.869 e. The molecule has 0 radical (unpaired) electrons. The van der Waals surface area contributed by atoms with Crippen molar-refractivity contribution in [3.8, 4) is 0 Å². The van der Waals surface area contributed by atoms with E-state index in [1.807, 2.05) is 0 Å². The van der Waals surface area contributed by atoms with Crippen LogP contribution in [0.4, 0.5) is 52.7 Å². The Morgan fingerprint density at radius 3 is 0.815 bits per heavy atom. The summed E-state index contributed by atoms with van der Waals surface area (Å²) in [7, 11) is 0. The first kappa shape index (κ1) is 30.6. The summed E-state index contributed by atoms with van der Waals surface area (Å²) < 4.78 is 136. The second-order valence-corrected chi connectivity index (χ2v) is 3.74. The number of allylic oxidation sites excluding steroid dienone is 4. The molecule has 17 heteroatoms. The third-order valence-corrected chi connectivity index (χ3v) is 1.64. The topological polar surface area (TPSA) is 80.3 Å². The zero-order valence-electron chi connectivity index (χ0n) is 12.0. The second kappa shape index (κ2) is 10.4. The van der Waals surface area contributed by atoms with Gasteiger partial charge in [0.05, 0.1) is 0 Å². The average Bonchev–Trinajstić information content (AvgIpc) is 2.34. The minimum atomic E-state index is -5.46. The Hall–Kier alpha value is -1.16. The van der Waals surface area contributed by atoms with Crippen molar-refractivity contribution in [2.24, 2.45) is 0 Å². The molecule has 0 unspecified atom stereocenters. The van der Waals surface area contributed by atoms with Crippen molar-refractivity contribution in [3.05, 3.63) is 23.7 Å². The Labute approximate surface area is 170 Å². The maximum atomic E-state index is 11.3. The number of rotatable bonds is 2. The van der Waals surface area contributed by atoms with Crippen molar-refractivity contribution in [1.29, 1.82) is 0 Å². The Kier molecular flexibility index (Phi) is 11.8. The van der Waals surface area contributed by atoms with Crippen LogP contribution in [0.1, 0.15) is 0 Å². The van der Waals surface area contributed by atoms with Gasteiger partial charge in [0, 0.05) is 0 Å². The van der Waals surface area contributed by atoms with Gasteiger partial charge in [0.2, 0.25) is 0 Å². The minimum absolute atomic E-state index is 0. The Morgan fingerprint density at radius 1 is 0.519 bits per heavy atom. The van der Waals surface area contributed by atoms with E-state index >= 15 is 0 Å². The second-order valence-electron chi connectivity index (χ2n) is 3.74. The molecule has 0 fully saturated rings. The fraction of sp³-hybridized carbons (Fsp3) is 0.400. The largest absolute Gasteiger partial charge is 2.00 e. The first-order valence-electron chi connectivity index (χ1n) is 5.24. The molecule has 0 amide bonds. The summed E-state index contributed by atoms with van der Waals surface area (Å²) in [6.07, 6.45) is -23.9. The van der Waals surface area contributed by atoms with Gasteiger partial charge in [-0.2, -0.15) is 52.7 Å². The van der Waals surface area contributed by atoms with Crippen LogP contribution in [0.25, 0.3) is 0 Å². The molecule has 0 heterocycles. The molecule has 0 bridgehead atoms. The normalized spacial score (nSPS) is 13.9. The summed E-state index contributed by atoms with van der Waals surface area (Å²) in [6, 6.07) is 0. The van der Waals surface area contributed by atoms with Crippen molar-refractivity contribution in [1.82, 2.24) is 0 Å². The number of hydrogen-bond donors (Lipinski definition) is 0. The zero-order chi connectivity index (χ0) is 21.7. The monoisotopic (exact) mass is 454 g/mol. The van der Waals surface area contributed by atoms with Crippen LogP contribution in [0, 0.1) is 0 Å². The van der Waals surface area contributed by atoms with E-state index in [9.17, 15) is 72.5 Å². The molecule has 0 rings (SSSR count). The van der Waals surface area contributed by atoms with Crippen LogP contribution in [-0.2, 0) is 9.59 Å². The number of carbonyl (C=O) groups excluding carboxylic acids is 2. The van der Waals surface area contributed by atoms with Crippen LogP contribution in [0.2, 0.25) is 0 Å². The van der Waals surface area contributed by atoms with Crippen molar-refractivity contribution in [3.63, 3.8) is 0 Å². The predicted molar refractivity (Wildman–Crippen MR) is 56.2 cm³/mol. The molecular weight excluding hydrogens is 452 g/mol. The van der Waals surface area contributed by atoms with E-state index in [1.165, 1.54) is 0 Å². The van der Waals surface area contributed by atoms with Gasteiger partial charge < -0.3 is 10.2 Å². The molecule has 0 N–H and O–H groups in total. The van der Waals surface area contributed by atoms with Gasteiger partial charge in [0.15, 0.2) is 0 Å². The molecule has 152 valence electrons. The molecule has 27 heavy (non-hydrogen) atoms. The molecule has 0 aromatic rings. The van der Waals surface area contributed by atoms with Gasteiger partial charge in [-0.1, -0.05) is 0 Å². The van der Waals surface area contributed by atoms with Crippen LogP contribution >= 0.6 is 0 Å². The van der Waals surface area contributed by atoms with Gasteiger partial charge >= 0.3 is 62.4 Å². The van der Waals surface area contributed by atoms with Gasteiger partial charge in [-0.15, -0.1) is 0 Å². The van der Waals surface area contributed by atoms with E-state index in [2.05, 4.69) is 0 Å². The van der Waals surface area contributed by atoms with Crippen molar-refractivity contribution < 1.29 is 72.5 Å². The van der Waals surface area contributed by atoms with Gasteiger partial charge in [0.25, 0.3) is 11.6 Å². The standard InChI is InChI=1S/2C5H2F6O2.Ca/c2*6-4(7,8)2(12)1-3(13)5(9,10)11;/h2*1,12H;/q;;+2/p-2/b2*2-1+;. The van der Waals surface area contributed by atoms with E-state index in [0.29, 0.717) is 0 Å². The number of halogens is 12. The maximum absolute atomic E-state index is 11.3. The van der Waals surface area contributed by atoms with E-state index < -0.39 is 59.9 Å². The SMILES string of the molecule is O=C(/C=C(/[O-])C(F)(F)F)C(F)(F)F.O=C(/C=C(/[O-])C(F)(F)F)C(F)(F)F.[Ca+2].